The van der Waals surface area contributed by atoms with Crippen molar-refractivity contribution in [2.45, 2.75) is 0 Å². The normalized spacial score (nSPS) is 11.8. The third kappa shape index (κ3) is 5.57. The van der Waals surface area contributed by atoms with E-state index in [2.05, 4.69) is 209 Å². The van der Waals surface area contributed by atoms with Crippen LogP contribution < -0.4 is 0 Å². The summed E-state index contributed by atoms with van der Waals surface area (Å²) in [5.74, 6) is 0.606. The van der Waals surface area contributed by atoms with Gasteiger partial charge in [-0.05, 0) is 95.1 Å². The second-order valence-electron chi connectivity index (χ2n) is 16.1. The van der Waals surface area contributed by atoms with Crippen LogP contribution in [0.4, 0.5) is 0 Å². The highest BCUT2D eigenvalue weighted by atomic mass is 16.3. The van der Waals surface area contributed by atoms with Crippen LogP contribution in [0, 0.1) is 0 Å². The molecule has 4 aromatic heterocycles. The quantitative estimate of drug-likeness (QED) is 0.168. The molecule has 63 heavy (non-hydrogen) atoms. The maximum absolute atomic E-state index is 6.23. The first-order valence-electron chi connectivity index (χ1n) is 21.3. The fourth-order valence-electron chi connectivity index (χ4n) is 9.73. The Bertz CT molecular complexity index is 3900. The molecule has 13 rings (SSSR count). The summed E-state index contributed by atoms with van der Waals surface area (Å²) in [7, 11) is 0. The smallest absolute Gasteiger partial charge is 0.235 e. The van der Waals surface area contributed by atoms with Crippen LogP contribution >= 0.6 is 0 Å². The second kappa shape index (κ2) is 14.0. The first-order chi connectivity index (χ1) is 31.2. The standard InChI is InChI=1S/C58H36N4O/c1-4-17-37(18-5-1)45-34-47-41-23-10-13-27-51(41)61(40-21-8-3-9-22-40)54(47)35-46(45)43-26-16-29-53-57(43)44-25-11-14-28-52(44)62(53)58-59-49(38-19-6-2-7-20-38)36-50(60-58)39-31-32-56-48(33-39)42-24-12-15-30-55(42)63-56/h1-36H. The fourth-order valence-corrected chi connectivity index (χ4v) is 9.73. The minimum Gasteiger partial charge on any atom is -0.456 e. The molecule has 0 aliphatic rings. The molecule has 0 saturated carbocycles. The largest absolute Gasteiger partial charge is 0.456 e. The number of benzene rings is 9. The van der Waals surface area contributed by atoms with E-state index in [1.54, 1.807) is 0 Å². The van der Waals surface area contributed by atoms with E-state index in [4.69, 9.17) is 14.4 Å². The Morgan fingerprint density at radius 1 is 0.317 bits per heavy atom. The van der Waals surface area contributed by atoms with E-state index in [0.717, 1.165) is 94.2 Å². The average Bonchev–Trinajstić information content (AvgIpc) is 4.01. The Hall–Kier alpha value is -8.54. The Morgan fingerprint density at radius 2 is 0.921 bits per heavy atom. The lowest BCUT2D eigenvalue weighted by Crippen LogP contribution is -2.04. The maximum Gasteiger partial charge on any atom is 0.235 e. The van der Waals surface area contributed by atoms with Crippen molar-refractivity contribution < 1.29 is 4.42 Å². The van der Waals surface area contributed by atoms with Gasteiger partial charge in [-0.25, -0.2) is 9.97 Å². The summed E-state index contributed by atoms with van der Waals surface area (Å²) in [5, 5.41) is 6.86. The van der Waals surface area contributed by atoms with E-state index in [1.165, 1.54) is 21.9 Å². The first-order valence-corrected chi connectivity index (χ1v) is 21.3. The minimum absolute atomic E-state index is 0.606. The number of hydrogen-bond donors (Lipinski definition) is 0. The highest BCUT2D eigenvalue weighted by molar-refractivity contribution is 6.19. The number of rotatable bonds is 6. The molecule has 0 unspecified atom stereocenters. The van der Waals surface area contributed by atoms with E-state index >= 15 is 0 Å². The molecule has 5 nitrogen and oxygen atoms in total. The molecule has 0 fully saturated rings. The van der Waals surface area contributed by atoms with Crippen LogP contribution in [0.5, 0.6) is 0 Å². The van der Waals surface area contributed by atoms with Crippen molar-refractivity contribution in [3.63, 3.8) is 0 Å². The van der Waals surface area contributed by atoms with Gasteiger partial charge in [0.2, 0.25) is 5.95 Å². The number of fused-ring (bicyclic) bond motifs is 9. The van der Waals surface area contributed by atoms with Gasteiger partial charge < -0.3 is 8.98 Å². The summed E-state index contributed by atoms with van der Waals surface area (Å²) in [5.41, 5.74) is 15.6. The van der Waals surface area contributed by atoms with Crippen LogP contribution in [0.2, 0.25) is 0 Å². The highest BCUT2D eigenvalue weighted by Crippen LogP contribution is 2.45. The van der Waals surface area contributed by atoms with Crippen LogP contribution in [0.3, 0.4) is 0 Å². The summed E-state index contributed by atoms with van der Waals surface area (Å²) >= 11 is 0. The van der Waals surface area contributed by atoms with Gasteiger partial charge in [0.25, 0.3) is 0 Å². The maximum atomic E-state index is 6.23. The monoisotopic (exact) mass is 804 g/mol. The van der Waals surface area contributed by atoms with E-state index in [9.17, 15) is 0 Å². The molecule has 0 atom stereocenters. The molecule has 9 aromatic carbocycles. The Balaban J connectivity index is 1.10. The van der Waals surface area contributed by atoms with Crippen molar-refractivity contribution in [1.29, 1.82) is 0 Å². The van der Waals surface area contributed by atoms with Crippen molar-refractivity contribution in [1.82, 2.24) is 19.1 Å². The molecule has 13 aromatic rings. The van der Waals surface area contributed by atoms with E-state index in [1.807, 2.05) is 18.2 Å². The van der Waals surface area contributed by atoms with Gasteiger partial charge in [-0.3, -0.25) is 4.57 Å². The minimum atomic E-state index is 0.606. The topological polar surface area (TPSA) is 48.8 Å². The predicted molar refractivity (Wildman–Crippen MR) is 260 cm³/mol. The zero-order chi connectivity index (χ0) is 41.4. The lowest BCUT2D eigenvalue weighted by Gasteiger charge is -2.15. The summed E-state index contributed by atoms with van der Waals surface area (Å²) in [6.45, 7) is 0. The number of aromatic nitrogens is 4. The van der Waals surface area contributed by atoms with Gasteiger partial charge in [0, 0.05) is 49.1 Å². The third-order valence-electron chi connectivity index (χ3n) is 12.6. The van der Waals surface area contributed by atoms with Crippen molar-refractivity contribution in [2.75, 3.05) is 0 Å². The van der Waals surface area contributed by atoms with E-state index in [0.29, 0.717) is 5.95 Å². The predicted octanol–water partition coefficient (Wildman–Crippen LogP) is 15.2. The molecule has 0 aliphatic heterocycles. The lowest BCUT2D eigenvalue weighted by molar-refractivity contribution is 0.669. The number of nitrogens with zero attached hydrogens (tertiary/aromatic N) is 4. The molecule has 0 bridgehead atoms. The van der Waals surface area contributed by atoms with Gasteiger partial charge in [0.15, 0.2) is 0 Å². The van der Waals surface area contributed by atoms with Crippen LogP contribution in [0.1, 0.15) is 0 Å². The van der Waals surface area contributed by atoms with Gasteiger partial charge in [0.05, 0.1) is 33.5 Å². The van der Waals surface area contributed by atoms with Gasteiger partial charge >= 0.3 is 0 Å². The SMILES string of the molecule is c1ccc(-c2cc(-c3ccc4oc5ccccc5c4c3)nc(-n3c4ccccc4c4c(-c5cc6c(cc5-c5ccccc5)c5ccccc5n6-c5ccccc5)cccc43)n2)cc1. The molecule has 5 heteroatoms. The summed E-state index contributed by atoms with van der Waals surface area (Å²) < 4.78 is 10.9. The zero-order valence-electron chi connectivity index (χ0n) is 34.0. The van der Waals surface area contributed by atoms with Crippen LogP contribution in [-0.4, -0.2) is 19.1 Å². The summed E-state index contributed by atoms with van der Waals surface area (Å²) in [4.78, 5) is 10.8. The highest BCUT2D eigenvalue weighted by Gasteiger charge is 2.23. The molecule has 0 radical (unpaired) electrons. The average molecular weight is 805 g/mol. The second-order valence-corrected chi connectivity index (χ2v) is 16.1. The van der Waals surface area contributed by atoms with Crippen molar-refractivity contribution in [2.24, 2.45) is 0 Å². The molecular weight excluding hydrogens is 769 g/mol. The van der Waals surface area contributed by atoms with Gasteiger partial charge in [-0.1, -0.05) is 146 Å². The number of hydrogen-bond acceptors (Lipinski definition) is 3. The molecule has 0 amide bonds. The van der Waals surface area contributed by atoms with Crippen molar-refractivity contribution in [3.8, 4) is 56.4 Å². The number of para-hydroxylation sites is 4. The van der Waals surface area contributed by atoms with Crippen LogP contribution in [0.25, 0.3) is 122 Å². The van der Waals surface area contributed by atoms with Crippen molar-refractivity contribution >= 4 is 65.6 Å². The van der Waals surface area contributed by atoms with Gasteiger partial charge in [0.1, 0.15) is 11.2 Å². The molecule has 0 saturated heterocycles. The molecule has 4 heterocycles. The molecule has 0 aliphatic carbocycles. The Morgan fingerprint density at radius 3 is 1.70 bits per heavy atom. The van der Waals surface area contributed by atoms with Crippen LogP contribution in [0.15, 0.2) is 223 Å². The Kier molecular flexibility index (Phi) is 7.84. The molecule has 294 valence electrons. The summed E-state index contributed by atoms with van der Waals surface area (Å²) in [6.07, 6.45) is 0. The molecular formula is C58H36N4O. The Labute approximate surface area is 362 Å². The van der Waals surface area contributed by atoms with E-state index < -0.39 is 0 Å². The fraction of sp³-hybridized carbons (Fsp3) is 0. The molecule has 0 N–H and O–H groups in total. The summed E-state index contributed by atoms with van der Waals surface area (Å²) in [6, 6.07) is 77.4. The van der Waals surface area contributed by atoms with Crippen LogP contribution in [-0.2, 0) is 0 Å². The van der Waals surface area contributed by atoms with Gasteiger partial charge in [-0.2, -0.15) is 0 Å². The molecule has 0 spiro atoms. The lowest BCUT2D eigenvalue weighted by atomic mass is 9.90. The van der Waals surface area contributed by atoms with Crippen molar-refractivity contribution in [3.05, 3.63) is 218 Å². The first kappa shape index (κ1) is 35.2. The van der Waals surface area contributed by atoms with E-state index in [-0.39, 0.29) is 0 Å². The van der Waals surface area contributed by atoms with Gasteiger partial charge in [-0.15, -0.1) is 0 Å². The zero-order valence-corrected chi connectivity index (χ0v) is 34.0. The number of furan rings is 1. The third-order valence-corrected chi connectivity index (χ3v) is 12.6.